The lowest BCUT2D eigenvalue weighted by molar-refractivity contribution is -0.0517. The second-order valence-corrected chi connectivity index (χ2v) is 3.09. The van der Waals surface area contributed by atoms with E-state index in [-0.39, 0.29) is 0 Å². The lowest BCUT2D eigenvalue weighted by atomic mass is 10.4. The number of piperazine rings is 1. The van der Waals surface area contributed by atoms with Gasteiger partial charge in [-0.15, -0.1) is 0 Å². The molecule has 0 bridgehead atoms. The van der Waals surface area contributed by atoms with Crippen LogP contribution >= 0.6 is 0 Å². The normalized spacial score (nSPS) is 29.5. The fourth-order valence-electron chi connectivity index (χ4n) is 1.65. The predicted octanol–water partition coefficient (Wildman–Crippen LogP) is -0.983. The molecule has 0 aromatic heterocycles. The first kappa shape index (κ1) is 7.49. The van der Waals surface area contributed by atoms with Gasteiger partial charge in [-0.3, -0.25) is 0 Å². The summed E-state index contributed by atoms with van der Waals surface area (Å²) in [5.74, 6) is 0. The summed E-state index contributed by atoms with van der Waals surface area (Å²) in [6.07, 6.45) is 1.28. The van der Waals surface area contributed by atoms with E-state index >= 15 is 0 Å². The van der Waals surface area contributed by atoms with Gasteiger partial charge in [0, 0.05) is 39.3 Å². The molecule has 64 valence electrons. The number of hydrogen-bond acceptors (Lipinski definition) is 4. The van der Waals surface area contributed by atoms with Crippen molar-refractivity contribution in [1.29, 1.82) is 0 Å². The maximum Gasteiger partial charge on any atom is 0.0303 e. The number of hydrogen-bond donors (Lipinski definition) is 2. The van der Waals surface area contributed by atoms with Gasteiger partial charge in [0.25, 0.3) is 0 Å². The van der Waals surface area contributed by atoms with Crippen LogP contribution in [0.4, 0.5) is 0 Å². The van der Waals surface area contributed by atoms with E-state index in [1.165, 1.54) is 13.0 Å². The number of hydrazine groups is 2. The molecule has 4 nitrogen and oxygen atoms in total. The summed E-state index contributed by atoms with van der Waals surface area (Å²) < 4.78 is 0. The summed E-state index contributed by atoms with van der Waals surface area (Å²) in [5.41, 5.74) is 3.36. The van der Waals surface area contributed by atoms with Gasteiger partial charge in [-0.1, -0.05) is 0 Å². The molecule has 0 radical (unpaired) electrons. The lowest BCUT2D eigenvalue weighted by Crippen LogP contribution is -2.54. The quantitative estimate of drug-likeness (QED) is 0.511. The van der Waals surface area contributed by atoms with Crippen molar-refractivity contribution in [3.63, 3.8) is 0 Å². The second-order valence-electron chi connectivity index (χ2n) is 3.09. The van der Waals surface area contributed by atoms with Crippen molar-refractivity contribution in [2.45, 2.75) is 6.42 Å². The van der Waals surface area contributed by atoms with Crippen molar-refractivity contribution < 1.29 is 0 Å². The van der Waals surface area contributed by atoms with Gasteiger partial charge in [0.05, 0.1) is 0 Å². The van der Waals surface area contributed by atoms with Crippen LogP contribution in [0.1, 0.15) is 6.42 Å². The first-order valence-corrected chi connectivity index (χ1v) is 4.43. The maximum atomic E-state index is 3.36. The molecule has 0 aromatic carbocycles. The molecule has 2 aliphatic heterocycles. The van der Waals surface area contributed by atoms with E-state index in [0.717, 1.165) is 32.7 Å². The van der Waals surface area contributed by atoms with Crippen molar-refractivity contribution in [3.8, 4) is 0 Å². The molecule has 0 spiro atoms. The van der Waals surface area contributed by atoms with E-state index < -0.39 is 0 Å². The van der Waals surface area contributed by atoms with E-state index in [2.05, 4.69) is 20.9 Å². The molecular weight excluding hydrogens is 140 g/mol. The Hall–Kier alpha value is -0.160. The van der Waals surface area contributed by atoms with Gasteiger partial charge in [0.2, 0.25) is 0 Å². The first-order valence-electron chi connectivity index (χ1n) is 4.43. The van der Waals surface area contributed by atoms with E-state index in [4.69, 9.17) is 0 Å². The van der Waals surface area contributed by atoms with E-state index in [1.54, 1.807) is 0 Å². The highest BCUT2D eigenvalue weighted by Crippen LogP contribution is 2.02. The van der Waals surface area contributed by atoms with E-state index in [9.17, 15) is 0 Å². The zero-order valence-corrected chi connectivity index (χ0v) is 6.84. The van der Waals surface area contributed by atoms with Gasteiger partial charge in [0.1, 0.15) is 0 Å². The third kappa shape index (κ3) is 1.70. The highest BCUT2D eigenvalue weighted by molar-refractivity contribution is 4.67. The highest BCUT2D eigenvalue weighted by atomic mass is 15.8. The van der Waals surface area contributed by atoms with Crippen LogP contribution in [-0.2, 0) is 0 Å². The minimum atomic E-state index is 1.12. The fourth-order valence-corrected chi connectivity index (χ4v) is 1.65. The highest BCUT2D eigenvalue weighted by Gasteiger charge is 2.19. The second kappa shape index (κ2) is 3.49. The number of rotatable bonds is 1. The Balaban J connectivity index is 1.82. The van der Waals surface area contributed by atoms with Crippen molar-refractivity contribution in [1.82, 2.24) is 20.9 Å². The SMILES string of the molecule is C1CNN(N2CCNCC2)C1. The van der Waals surface area contributed by atoms with Crippen molar-refractivity contribution >= 4 is 0 Å². The molecule has 2 rings (SSSR count). The standard InChI is InChI=1S/C7H16N4/c1-2-9-11(5-1)10-6-3-8-4-7-10/h8-9H,1-7H2. The number of nitrogens with one attached hydrogen (secondary N) is 2. The van der Waals surface area contributed by atoms with Gasteiger partial charge >= 0.3 is 0 Å². The smallest absolute Gasteiger partial charge is 0.0303 e. The molecule has 0 atom stereocenters. The molecule has 11 heavy (non-hydrogen) atoms. The summed E-state index contributed by atoms with van der Waals surface area (Å²) in [7, 11) is 0. The third-order valence-electron chi connectivity index (χ3n) is 2.28. The van der Waals surface area contributed by atoms with Gasteiger partial charge in [-0.2, -0.15) is 5.12 Å². The van der Waals surface area contributed by atoms with Gasteiger partial charge in [-0.25, -0.2) is 10.4 Å². The van der Waals surface area contributed by atoms with Crippen LogP contribution in [0.25, 0.3) is 0 Å². The molecule has 2 heterocycles. The summed E-state index contributed by atoms with van der Waals surface area (Å²) in [4.78, 5) is 0. The Kier molecular flexibility index (Phi) is 2.38. The number of nitrogens with zero attached hydrogens (tertiary/aromatic N) is 2. The Morgan fingerprint density at radius 1 is 0.909 bits per heavy atom. The lowest BCUT2D eigenvalue weighted by Gasteiger charge is -2.34. The maximum absolute atomic E-state index is 3.36. The molecule has 0 saturated carbocycles. The summed E-state index contributed by atoms with van der Waals surface area (Å²) in [6, 6.07) is 0. The molecule has 2 saturated heterocycles. The molecule has 0 aromatic rings. The third-order valence-corrected chi connectivity index (χ3v) is 2.28. The minimum absolute atomic E-state index is 1.12. The average molecular weight is 156 g/mol. The molecule has 2 N–H and O–H groups in total. The summed E-state index contributed by atoms with van der Waals surface area (Å²) >= 11 is 0. The van der Waals surface area contributed by atoms with Crippen LogP contribution in [0.3, 0.4) is 0 Å². The Morgan fingerprint density at radius 3 is 2.36 bits per heavy atom. The van der Waals surface area contributed by atoms with Crippen LogP contribution in [0.2, 0.25) is 0 Å². The van der Waals surface area contributed by atoms with Crippen LogP contribution in [0.5, 0.6) is 0 Å². The van der Waals surface area contributed by atoms with Crippen LogP contribution in [0.15, 0.2) is 0 Å². The van der Waals surface area contributed by atoms with Crippen LogP contribution < -0.4 is 10.7 Å². The van der Waals surface area contributed by atoms with Crippen molar-refractivity contribution in [3.05, 3.63) is 0 Å². The molecule has 0 aliphatic carbocycles. The average Bonchev–Trinajstić information content (AvgIpc) is 2.58. The zero-order chi connectivity index (χ0) is 7.52. The van der Waals surface area contributed by atoms with E-state index in [1.807, 2.05) is 0 Å². The molecule has 0 amide bonds. The fraction of sp³-hybridized carbons (Fsp3) is 1.00. The Morgan fingerprint density at radius 2 is 1.73 bits per heavy atom. The predicted molar refractivity (Wildman–Crippen MR) is 43.8 cm³/mol. The van der Waals surface area contributed by atoms with Crippen molar-refractivity contribution in [2.24, 2.45) is 0 Å². The zero-order valence-electron chi connectivity index (χ0n) is 6.84. The molecule has 2 aliphatic rings. The van der Waals surface area contributed by atoms with Crippen LogP contribution in [-0.4, -0.2) is 49.4 Å². The van der Waals surface area contributed by atoms with Gasteiger partial charge in [0.15, 0.2) is 0 Å². The topological polar surface area (TPSA) is 30.5 Å². The summed E-state index contributed by atoms with van der Waals surface area (Å²) in [5, 5.41) is 8.00. The Bertz CT molecular complexity index is 116. The van der Waals surface area contributed by atoms with E-state index in [0.29, 0.717) is 0 Å². The largest absolute Gasteiger partial charge is 0.314 e. The van der Waals surface area contributed by atoms with Gasteiger partial charge in [-0.05, 0) is 6.42 Å². The molecule has 4 heteroatoms. The molecule has 2 fully saturated rings. The minimum Gasteiger partial charge on any atom is -0.314 e. The molecular formula is C7H16N4. The van der Waals surface area contributed by atoms with Crippen molar-refractivity contribution in [2.75, 3.05) is 39.3 Å². The Labute approximate surface area is 67.5 Å². The van der Waals surface area contributed by atoms with Gasteiger partial charge < -0.3 is 5.32 Å². The first-order chi connectivity index (χ1) is 5.47. The summed E-state index contributed by atoms with van der Waals surface area (Å²) in [6.45, 7) is 6.86. The van der Waals surface area contributed by atoms with Crippen LogP contribution in [0, 0.1) is 0 Å². The molecule has 0 unspecified atom stereocenters. The monoisotopic (exact) mass is 156 g/mol.